The second kappa shape index (κ2) is 6.19. The van der Waals surface area contributed by atoms with Crippen LogP contribution in [-0.4, -0.2) is 36.1 Å². The molecule has 1 aliphatic heterocycles. The third kappa shape index (κ3) is 2.96. The first-order valence-electron chi connectivity index (χ1n) is 6.99. The Kier molecular flexibility index (Phi) is 4.11. The van der Waals surface area contributed by atoms with E-state index in [1.54, 1.807) is 24.5 Å². The fraction of sp³-hybridized carbons (Fsp3) is 0.267. The van der Waals surface area contributed by atoms with Gasteiger partial charge in [-0.15, -0.1) is 0 Å². The Morgan fingerprint density at radius 3 is 2.32 bits per heavy atom. The van der Waals surface area contributed by atoms with Crippen LogP contribution in [0.15, 0.2) is 42.7 Å². The molecule has 1 aromatic heterocycles. The lowest BCUT2D eigenvalue weighted by Gasteiger charge is -2.37. The molecule has 0 radical (unpaired) electrons. The van der Waals surface area contributed by atoms with Crippen molar-refractivity contribution in [2.45, 2.75) is 0 Å². The first kappa shape index (κ1) is 14.6. The van der Waals surface area contributed by atoms with Gasteiger partial charge in [-0.05, 0) is 24.3 Å². The molecule has 0 amide bonds. The molecular formula is C15H15ClN4O2. The van der Waals surface area contributed by atoms with E-state index in [1.165, 1.54) is 6.07 Å². The van der Waals surface area contributed by atoms with Crippen LogP contribution in [0.25, 0.3) is 0 Å². The van der Waals surface area contributed by atoms with Gasteiger partial charge in [0.15, 0.2) is 0 Å². The van der Waals surface area contributed by atoms with Gasteiger partial charge >= 0.3 is 0 Å². The van der Waals surface area contributed by atoms with Gasteiger partial charge in [0.25, 0.3) is 5.69 Å². The molecular weight excluding hydrogens is 304 g/mol. The van der Waals surface area contributed by atoms with Crippen molar-refractivity contribution in [2.24, 2.45) is 0 Å². The summed E-state index contributed by atoms with van der Waals surface area (Å²) in [6.07, 6.45) is 3.54. The summed E-state index contributed by atoms with van der Waals surface area (Å²) in [7, 11) is 0. The summed E-state index contributed by atoms with van der Waals surface area (Å²) < 4.78 is 0. The minimum atomic E-state index is -0.379. The molecule has 1 fully saturated rings. The number of halogens is 1. The maximum Gasteiger partial charge on any atom is 0.294 e. The van der Waals surface area contributed by atoms with Crippen LogP contribution < -0.4 is 9.80 Å². The summed E-state index contributed by atoms with van der Waals surface area (Å²) in [6.45, 7) is 3.07. The molecule has 2 heterocycles. The SMILES string of the molecule is O=[N+]([O-])c1cc(Cl)ccc1N1CCN(c2ccncc2)CC1. The minimum absolute atomic E-state index is 0.0601. The molecule has 1 aromatic carbocycles. The predicted octanol–water partition coefficient (Wildman–Crippen LogP) is 2.97. The number of hydrogen-bond donors (Lipinski definition) is 0. The Morgan fingerprint density at radius 1 is 1.05 bits per heavy atom. The fourth-order valence-electron chi connectivity index (χ4n) is 2.67. The smallest absolute Gasteiger partial charge is 0.294 e. The van der Waals surface area contributed by atoms with E-state index in [2.05, 4.69) is 9.88 Å². The molecule has 0 aliphatic carbocycles. The second-order valence-corrected chi connectivity index (χ2v) is 5.51. The number of piperazine rings is 1. The highest BCUT2D eigenvalue weighted by atomic mass is 35.5. The molecule has 0 unspecified atom stereocenters. The van der Waals surface area contributed by atoms with Gasteiger partial charge in [-0.3, -0.25) is 15.1 Å². The topological polar surface area (TPSA) is 62.5 Å². The highest BCUT2D eigenvalue weighted by Gasteiger charge is 2.24. The van der Waals surface area contributed by atoms with Crippen LogP contribution >= 0.6 is 11.6 Å². The first-order valence-corrected chi connectivity index (χ1v) is 7.37. The third-order valence-electron chi connectivity index (χ3n) is 3.78. The van der Waals surface area contributed by atoms with Gasteiger partial charge in [-0.2, -0.15) is 0 Å². The Morgan fingerprint density at radius 2 is 1.68 bits per heavy atom. The number of hydrogen-bond acceptors (Lipinski definition) is 5. The van der Waals surface area contributed by atoms with Gasteiger partial charge in [-0.25, -0.2) is 0 Å². The molecule has 6 nitrogen and oxygen atoms in total. The van der Waals surface area contributed by atoms with E-state index < -0.39 is 0 Å². The summed E-state index contributed by atoms with van der Waals surface area (Å²) in [4.78, 5) is 19.1. The second-order valence-electron chi connectivity index (χ2n) is 5.07. The van der Waals surface area contributed by atoms with Crippen LogP contribution in [0.5, 0.6) is 0 Å². The molecule has 22 heavy (non-hydrogen) atoms. The molecule has 1 aliphatic rings. The Hall–Kier alpha value is -2.34. The number of anilines is 2. The molecule has 0 saturated carbocycles. The fourth-order valence-corrected chi connectivity index (χ4v) is 2.84. The molecule has 0 N–H and O–H groups in total. The maximum absolute atomic E-state index is 11.2. The molecule has 0 bridgehead atoms. The van der Waals surface area contributed by atoms with Gasteiger partial charge in [0.2, 0.25) is 0 Å². The zero-order chi connectivity index (χ0) is 15.5. The van der Waals surface area contributed by atoms with Crippen LogP contribution in [0.3, 0.4) is 0 Å². The Balaban J connectivity index is 1.76. The third-order valence-corrected chi connectivity index (χ3v) is 4.02. The van der Waals surface area contributed by atoms with E-state index in [0.29, 0.717) is 10.7 Å². The number of benzene rings is 1. The van der Waals surface area contributed by atoms with Crippen molar-refractivity contribution in [1.82, 2.24) is 4.98 Å². The lowest BCUT2D eigenvalue weighted by Crippen LogP contribution is -2.46. The maximum atomic E-state index is 11.2. The van der Waals surface area contributed by atoms with Crippen LogP contribution in [0, 0.1) is 10.1 Å². The van der Waals surface area contributed by atoms with E-state index in [0.717, 1.165) is 31.9 Å². The van der Waals surface area contributed by atoms with E-state index in [9.17, 15) is 10.1 Å². The van der Waals surface area contributed by atoms with Crippen LogP contribution in [-0.2, 0) is 0 Å². The van der Waals surface area contributed by atoms with E-state index >= 15 is 0 Å². The summed E-state index contributed by atoms with van der Waals surface area (Å²) in [6, 6.07) is 8.77. The standard InChI is InChI=1S/C15H15ClN4O2/c16-12-1-2-14(15(11-12)20(21)22)19-9-7-18(8-10-19)13-3-5-17-6-4-13/h1-6,11H,7-10H2. The first-order chi connectivity index (χ1) is 10.6. The van der Waals surface area contributed by atoms with Crippen molar-refractivity contribution in [3.05, 3.63) is 57.9 Å². The Labute approximate surface area is 133 Å². The van der Waals surface area contributed by atoms with Crippen molar-refractivity contribution >= 4 is 28.7 Å². The highest BCUT2D eigenvalue weighted by Crippen LogP contribution is 2.32. The van der Waals surface area contributed by atoms with Crippen LogP contribution in [0.2, 0.25) is 5.02 Å². The van der Waals surface area contributed by atoms with Gasteiger partial charge in [0.05, 0.1) is 4.92 Å². The average Bonchev–Trinajstić information content (AvgIpc) is 2.56. The van der Waals surface area contributed by atoms with Gasteiger partial charge in [0, 0.05) is 55.3 Å². The number of nitro benzene ring substituents is 1. The highest BCUT2D eigenvalue weighted by molar-refractivity contribution is 6.30. The van der Waals surface area contributed by atoms with E-state index in [4.69, 9.17) is 11.6 Å². The number of rotatable bonds is 3. The largest absolute Gasteiger partial charge is 0.368 e. The average molecular weight is 319 g/mol. The van der Waals surface area contributed by atoms with Gasteiger partial charge in [-0.1, -0.05) is 11.6 Å². The lowest BCUT2D eigenvalue weighted by atomic mass is 10.2. The molecule has 114 valence electrons. The zero-order valence-electron chi connectivity index (χ0n) is 11.9. The van der Waals surface area contributed by atoms with Crippen LogP contribution in [0.1, 0.15) is 0 Å². The van der Waals surface area contributed by atoms with Crippen molar-refractivity contribution in [3.8, 4) is 0 Å². The summed E-state index contributed by atoms with van der Waals surface area (Å²) in [5, 5.41) is 11.6. The minimum Gasteiger partial charge on any atom is -0.368 e. The number of pyridine rings is 1. The molecule has 0 spiro atoms. The molecule has 1 saturated heterocycles. The number of aromatic nitrogens is 1. The summed E-state index contributed by atoms with van der Waals surface area (Å²) in [5.41, 5.74) is 1.81. The van der Waals surface area contributed by atoms with Crippen molar-refractivity contribution < 1.29 is 4.92 Å². The van der Waals surface area contributed by atoms with Crippen molar-refractivity contribution in [2.75, 3.05) is 36.0 Å². The lowest BCUT2D eigenvalue weighted by molar-refractivity contribution is -0.384. The molecule has 3 rings (SSSR count). The quantitative estimate of drug-likeness (QED) is 0.643. The Bertz CT molecular complexity index is 672. The molecule has 0 atom stereocenters. The predicted molar refractivity (Wildman–Crippen MR) is 86.8 cm³/mol. The van der Waals surface area contributed by atoms with Crippen LogP contribution in [0.4, 0.5) is 17.1 Å². The van der Waals surface area contributed by atoms with E-state index in [-0.39, 0.29) is 10.6 Å². The molecule has 7 heteroatoms. The summed E-state index contributed by atoms with van der Waals surface area (Å²) >= 11 is 5.87. The van der Waals surface area contributed by atoms with Gasteiger partial charge in [0.1, 0.15) is 5.69 Å². The number of nitro groups is 1. The normalized spacial score (nSPS) is 15.0. The zero-order valence-corrected chi connectivity index (χ0v) is 12.6. The van der Waals surface area contributed by atoms with Crippen molar-refractivity contribution in [1.29, 1.82) is 0 Å². The monoisotopic (exact) mass is 318 g/mol. The summed E-state index contributed by atoms with van der Waals surface area (Å²) in [5.74, 6) is 0. The van der Waals surface area contributed by atoms with Crippen molar-refractivity contribution in [3.63, 3.8) is 0 Å². The molecule has 2 aromatic rings. The number of nitrogens with zero attached hydrogens (tertiary/aromatic N) is 4. The van der Waals surface area contributed by atoms with E-state index in [1.807, 2.05) is 17.0 Å². The van der Waals surface area contributed by atoms with Gasteiger partial charge < -0.3 is 9.80 Å².